The van der Waals surface area contributed by atoms with Crippen LogP contribution in [0, 0.1) is 12.8 Å². The largest absolute Gasteiger partial charge is 0.354 e. The van der Waals surface area contributed by atoms with Crippen LogP contribution in [0.5, 0.6) is 0 Å². The number of fused-ring (bicyclic) bond motifs is 1. The second kappa shape index (κ2) is 5.23. The Morgan fingerprint density at radius 3 is 2.95 bits per heavy atom. The molecule has 1 N–H and O–H groups in total. The number of nitrogens with one attached hydrogen (secondary N) is 1. The zero-order chi connectivity index (χ0) is 15.1. The molecule has 0 bridgehead atoms. The number of rotatable bonds is 3. The molecular formula is C15H20N6O. The van der Waals surface area contributed by atoms with E-state index in [4.69, 9.17) is 0 Å². The van der Waals surface area contributed by atoms with Crippen molar-refractivity contribution in [3.05, 3.63) is 18.0 Å². The number of nitrogens with zero attached hydrogens (tertiary/aromatic N) is 5. The number of anilines is 1. The Hall–Kier alpha value is -2.18. The van der Waals surface area contributed by atoms with Crippen LogP contribution in [0.1, 0.15) is 31.5 Å². The van der Waals surface area contributed by atoms with Crippen LogP contribution in [0.15, 0.2) is 12.1 Å². The SMILES string of the molecule is Cc1nnc2ccc(N3CCCC(C(=O)NC4CC4)C3)nn12. The van der Waals surface area contributed by atoms with Gasteiger partial charge in [0.05, 0.1) is 5.92 Å². The van der Waals surface area contributed by atoms with E-state index < -0.39 is 0 Å². The summed E-state index contributed by atoms with van der Waals surface area (Å²) in [4.78, 5) is 14.5. The van der Waals surface area contributed by atoms with Crippen molar-refractivity contribution in [2.24, 2.45) is 5.92 Å². The van der Waals surface area contributed by atoms with E-state index in [9.17, 15) is 4.79 Å². The summed E-state index contributed by atoms with van der Waals surface area (Å²) in [5, 5.41) is 15.8. The summed E-state index contributed by atoms with van der Waals surface area (Å²) in [7, 11) is 0. The van der Waals surface area contributed by atoms with E-state index >= 15 is 0 Å². The number of hydrogen-bond donors (Lipinski definition) is 1. The van der Waals surface area contributed by atoms with Crippen LogP contribution in [0.3, 0.4) is 0 Å². The van der Waals surface area contributed by atoms with Gasteiger partial charge in [-0.25, -0.2) is 0 Å². The quantitative estimate of drug-likeness (QED) is 0.912. The zero-order valence-corrected chi connectivity index (χ0v) is 12.7. The maximum atomic E-state index is 12.3. The third-order valence-corrected chi connectivity index (χ3v) is 4.44. The Bertz CT molecular complexity index is 707. The Morgan fingerprint density at radius 2 is 2.14 bits per heavy atom. The summed E-state index contributed by atoms with van der Waals surface area (Å²) in [5.74, 6) is 1.93. The lowest BCUT2D eigenvalue weighted by molar-refractivity contribution is -0.125. The van der Waals surface area contributed by atoms with E-state index in [-0.39, 0.29) is 11.8 Å². The van der Waals surface area contributed by atoms with Gasteiger partial charge in [-0.05, 0) is 44.7 Å². The van der Waals surface area contributed by atoms with Crippen LogP contribution >= 0.6 is 0 Å². The van der Waals surface area contributed by atoms with Crippen molar-refractivity contribution in [1.29, 1.82) is 0 Å². The van der Waals surface area contributed by atoms with Crippen molar-refractivity contribution in [1.82, 2.24) is 25.1 Å². The summed E-state index contributed by atoms with van der Waals surface area (Å²) in [6.07, 6.45) is 4.24. The third-order valence-electron chi connectivity index (χ3n) is 4.44. The van der Waals surface area contributed by atoms with Crippen molar-refractivity contribution >= 4 is 17.4 Å². The van der Waals surface area contributed by atoms with Crippen molar-refractivity contribution in [2.45, 2.75) is 38.6 Å². The fourth-order valence-electron chi connectivity index (χ4n) is 3.00. The number of piperidine rings is 1. The summed E-state index contributed by atoms with van der Waals surface area (Å²) < 4.78 is 1.75. The molecule has 0 radical (unpaired) electrons. The topological polar surface area (TPSA) is 75.4 Å². The van der Waals surface area contributed by atoms with E-state index in [1.54, 1.807) is 4.52 Å². The highest BCUT2D eigenvalue weighted by molar-refractivity contribution is 5.80. The van der Waals surface area contributed by atoms with Gasteiger partial charge in [0.25, 0.3) is 0 Å². The molecule has 4 rings (SSSR count). The lowest BCUT2D eigenvalue weighted by Gasteiger charge is -2.32. The maximum absolute atomic E-state index is 12.3. The average molecular weight is 300 g/mol. The molecule has 7 nitrogen and oxygen atoms in total. The van der Waals surface area contributed by atoms with Gasteiger partial charge >= 0.3 is 0 Å². The van der Waals surface area contributed by atoms with Gasteiger partial charge < -0.3 is 10.2 Å². The first-order chi connectivity index (χ1) is 10.7. The smallest absolute Gasteiger partial charge is 0.225 e. The van der Waals surface area contributed by atoms with E-state index in [0.717, 1.165) is 56.1 Å². The molecule has 1 saturated heterocycles. The van der Waals surface area contributed by atoms with Crippen LogP contribution in [0.4, 0.5) is 5.82 Å². The molecule has 0 aromatic carbocycles. The summed E-state index contributed by atoms with van der Waals surface area (Å²) in [6, 6.07) is 4.32. The minimum absolute atomic E-state index is 0.0638. The van der Waals surface area contributed by atoms with Gasteiger partial charge in [0.2, 0.25) is 5.91 Å². The van der Waals surface area contributed by atoms with Crippen LogP contribution < -0.4 is 10.2 Å². The molecule has 22 heavy (non-hydrogen) atoms. The van der Waals surface area contributed by atoms with Gasteiger partial charge in [-0.3, -0.25) is 4.79 Å². The van der Waals surface area contributed by atoms with Crippen LogP contribution in [0.2, 0.25) is 0 Å². The number of aryl methyl sites for hydroxylation is 1. The molecular weight excluding hydrogens is 280 g/mol. The lowest BCUT2D eigenvalue weighted by atomic mass is 9.97. The minimum atomic E-state index is 0.0638. The second-order valence-corrected chi connectivity index (χ2v) is 6.28. The molecule has 2 aromatic rings. The molecule has 116 valence electrons. The van der Waals surface area contributed by atoms with Crippen molar-refractivity contribution in [3.63, 3.8) is 0 Å². The van der Waals surface area contributed by atoms with E-state index in [1.807, 2.05) is 19.1 Å². The molecule has 1 aliphatic carbocycles. The van der Waals surface area contributed by atoms with Crippen LogP contribution in [0.25, 0.3) is 5.65 Å². The first-order valence-corrected chi connectivity index (χ1v) is 7.95. The van der Waals surface area contributed by atoms with Gasteiger partial charge in [0, 0.05) is 19.1 Å². The lowest BCUT2D eigenvalue weighted by Crippen LogP contribution is -2.44. The predicted molar refractivity (Wildman–Crippen MR) is 81.6 cm³/mol. The molecule has 2 aliphatic rings. The standard InChI is InChI=1S/C15H20N6O/c1-10-17-18-13-6-7-14(19-21(10)13)20-8-2-3-11(9-20)15(22)16-12-4-5-12/h6-7,11-12H,2-5,8-9H2,1H3,(H,16,22). The fourth-order valence-corrected chi connectivity index (χ4v) is 3.00. The third kappa shape index (κ3) is 2.51. The normalized spacial score (nSPS) is 22.0. The first-order valence-electron chi connectivity index (χ1n) is 7.95. The van der Waals surface area contributed by atoms with E-state index in [1.165, 1.54) is 0 Å². The molecule has 1 atom stereocenters. The molecule has 2 aromatic heterocycles. The maximum Gasteiger partial charge on any atom is 0.225 e. The number of carbonyl (C=O) groups is 1. The minimum Gasteiger partial charge on any atom is -0.354 e. The van der Waals surface area contributed by atoms with Gasteiger partial charge in [-0.15, -0.1) is 15.3 Å². The highest BCUT2D eigenvalue weighted by atomic mass is 16.2. The Labute approximate surface area is 128 Å². The van der Waals surface area contributed by atoms with Gasteiger partial charge in [0.1, 0.15) is 5.82 Å². The molecule has 1 unspecified atom stereocenters. The van der Waals surface area contributed by atoms with Crippen molar-refractivity contribution in [3.8, 4) is 0 Å². The highest BCUT2D eigenvalue weighted by Crippen LogP contribution is 2.24. The van der Waals surface area contributed by atoms with E-state index in [0.29, 0.717) is 6.04 Å². The summed E-state index contributed by atoms with van der Waals surface area (Å²) in [5.41, 5.74) is 0.751. The molecule has 7 heteroatoms. The molecule has 2 fully saturated rings. The van der Waals surface area contributed by atoms with Crippen molar-refractivity contribution < 1.29 is 4.79 Å². The van der Waals surface area contributed by atoms with E-state index in [2.05, 4.69) is 25.5 Å². The van der Waals surface area contributed by atoms with Crippen LogP contribution in [-0.4, -0.2) is 44.8 Å². The number of aromatic nitrogens is 4. The summed E-state index contributed by atoms with van der Waals surface area (Å²) in [6.45, 7) is 3.56. The summed E-state index contributed by atoms with van der Waals surface area (Å²) >= 11 is 0. The first kappa shape index (κ1) is 13.5. The van der Waals surface area contributed by atoms with Crippen molar-refractivity contribution in [2.75, 3.05) is 18.0 Å². The van der Waals surface area contributed by atoms with Crippen LogP contribution in [-0.2, 0) is 4.79 Å². The number of carbonyl (C=O) groups excluding carboxylic acids is 1. The molecule has 1 saturated carbocycles. The van der Waals surface area contributed by atoms with Gasteiger partial charge in [-0.1, -0.05) is 0 Å². The monoisotopic (exact) mass is 300 g/mol. The highest BCUT2D eigenvalue weighted by Gasteiger charge is 2.31. The molecule has 0 spiro atoms. The molecule has 1 amide bonds. The molecule has 3 heterocycles. The molecule has 1 aliphatic heterocycles. The number of hydrogen-bond acceptors (Lipinski definition) is 5. The number of amides is 1. The van der Waals surface area contributed by atoms with Gasteiger partial charge in [-0.2, -0.15) is 4.52 Å². The average Bonchev–Trinajstić information content (AvgIpc) is 3.29. The Kier molecular flexibility index (Phi) is 3.20. The Morgan fingerprint density at radius 1 is 1.27 bits per heavy atom. The second-order valence-electron chi connectivity index (χ2n) is 6.28. The Balaban J connectivity index is 1.52. The zero-order valence-electron chi connectivity index (χ0n) is 12.7. The van der Waals surface area contributed by atoms with Gasteiger partial charge in [0.15, 0.2) is 11.5 Å². The fraction of sp³-hybridized carbons (Fsp3) is 0.600. The predicted octanol–water partition coefficient (Wildman–Crippen LogP) is 0.928.